The second-order valence-corrected chi connectivity index (χ2v) is 4.91. The predicted octanol–water partition coefficient (Wildman–Crippen LogP) is 2.28. The van der Waals surface area contributed by atoms with Crippen molar-refractivity contribution in [1.29, 1.82) is 0 Å². The van der Waals surface area contributed by atoms with Crippen LogP contribution in [0.25, 0.3) is 0 Å². The average Bonchev–Trinajstić information content (AvgIpc) is 2.37. The summed E-state index contributed by atoms with van der Waals surface area (Å²) in [4.78, 5) is 17.8. The Bertz CT molecular complexity index is 630. The van der Waals surface area contributed by atoms with Gasteiger partial charge in [-0.2, -0.15) is 0 Å². The topological polar surface area (TPSA) is 81.0 Å². The van der Waals surface area contributed by atoms with Gasteiger partial charge in [-0.3, -0.25) is 4.79 Å². The standard InChI is InChI=1S/C11H9ClIN3O2/c12-7-3-6(4-14)1-2-8(7)18-11-9(13)10(17)15-5-16-11/h1-3,5H,4,14H2,(H,15,16,17). The number of nitrogens with one attached hydrogen (secondary N) is 1. The molecule has 94 valence electrons. The minimum absolute atomic E-state index is 0.224. The first kappa shape index (κ1) is 13.3. The highest BCUT2D eigenvalue weighted by molar-refractivity contribution is 14.1. The number of benzene rings is 1. The van der Waals surface area contributed by atoms with Gasteiger partial charge in [-0.05, 0) is 40.3 Å². The summed E-state index contributed by atoms with van der Waals surface area (Å²) in [5, 5.41) is 0.427. The van der Waals surface area contributed by atoms with Gasteiger partial charge in [0.15, 0.2) is 0 Å². The van der Waals surface area contributed by atoms with Crippen LogP contribution in [0.15, 0.2) is 29.3 Å². The fourth-order valence-electron chi connectivity index (χ4n) is 1.30. The van der Waals surface area contributed by atoms with Gasteiger partial charge in [0.05, 0.1) is 11.3 Å². The molecule has 7 heteroatoms. The largest absolute Gasteiger partial charge is 0.436 e. The SMILES string of the molecule is NCc1ccc(Oc2nc[nH]c(=O)c2I)c(Cl)c1. The molecule has 0 saturated heterocycles. The normalized spacial score (nSPS) is 10.4. The zero-order valence-electron chi connectivity index (χ0n) is 9.11. The van der Waals surface area contributed by atoms with E-state index in [1.807, 2.05) is 22.6 Å². The Labute approximate surface area is 121 Å². The molecule has 0 saturated carbocycles. The van der Waals surface area contributed by atoms with Gasteiger partial charge in [-0.25, -0.2) is 4.98 Å². The van der Waals surface area contributed by atoms with E-state index in [1.165, 1.54) is 6.33 Å². The Balaban J connectivity index is 2.34. The quantitative estimate of drug-likeness (QED) is 0.804. The van der Waals surface area contributed by atoms with E-state index in [4.69, 9.17) is 22.1 Å². The molecule has 0 atom stereocenters. The van der Waals surface area contributed by atoms with Crippen LogP contribution in [0.2, 0.25) is 5.02 Å². The fourth-order valence-corrected chi connectivity index (χ4v) is 1.94. The number of nitrogens with zero attached hydrogens (tertiary/aromatic N) is 1. The Morgan fingerprint density at radius 3 is 2.94 bits per heavy atom. The van der Waals surface area contributed by atoms with Crippen LogP contribution in [0.5, 0.6) is 11.6 Å². The van der Waals surface area contributed by atoms with E-state index in [0.29, 0.717) is 20.9 Å². The molecule has 18 heavy (non-hydrogen) atoms. The smallest absolute Gasteiger partial charge is 0.268 e. The van der Waals surface area contributed by atoms with Gasteiger partial charge in [0, 0.05) is 6.54 Å². The highest BCUT2D eigenvalue weighted by Crippen LogP contribution is 2.30. The van der Waals surface area contributed by atoms with E-state index in [-0.39, 0.29) is 11.4 Å². The summed E-state index contributed by atoms with van der Waals surface area (Å²) >= 11 is 7.92. The first-order valence-corrected chi connectivity index (χ1v) is 6.47. The van der Waals surface area contributed by atoms with E-state index in [2.05, 4.69) is 9.97 Å². The molecule has 0 unspecified atom stereocenters. The van der Waals surface area contributed by atoms with Crippen LogP contribution in [0, 0.1) is 3.57 Å². The second-order valence-electron chi connectivity index (χ2n) is 3.42. The van der Waals surface area contributed by atoms with Crippen molar-refractivity contribution in [2.24, 2.45) is 5.73 Å². The minimum Gasteiger partial charge on any atom is -0.436 e. The lowest BCUT2D eigenvalue weighted by Crippen LogP contribution is -2.11. The molecule has 0 bridgehead atoms. The third-order valence-corrected chi connectivity index (χ3v) is 3.45. The number of H-pyrrole nitrogens is 1. The van der Waals surface area contributed by atoms with Crippen LogP contribution in [0.4, 0.5) is 0 Å². The van der Waals surface area contributed by atoms with E-state index >= 15 is 0 Å². The molecule has 1 aromatic heterocycles. The molecule has 2 rings (SSSR count). The Hall–Kier alpha value is -1.12. The number of hydrogen-bond donors (Lipinski definition) is 2. The summed E-state index contributed by atoms with van der Waals surface area (Å²) in [6.07, 6.45) is 1.28. The molecule has 0 aliphatic rings. The second kappa shape index (κ2) is 5.68. The van der Waals surface area contributed by atoms with Crippen molar-refractivity contribution in [3.05, 3.63) is 49.0 Å². The minimum atomic E-state index is -0.254. The third-order valence-electron chi connectivity index (χ3n) is 2.20. The van der Waals surface area contributed by atoms with Crippen molar-refractivity contribution in [2.45, 2.75) is 6.54 Å². The van der Waals surface area contributed by atoms with Gasteiger partial charge in [-0.15, -0.1) is 0 Å². The van der Waals surface area contributed by atoms with Crippen molar-refractivity contribution in [2.75, 3.05) is 0 Å². The van der Waals surface area contributed by atoms with E-state index in [1.54, 1.807) is 18.2 Å². The first-order chi connectivity index (χ1) is 8.61. The summed E-state index contributed by atoms with van der Waals surface area (Å²) in [6.45, 7) is 0.404. The molecule has 0 aliphatic carbocycles. The summed E-state index contributed by atoms with van der Waals surface area (Å²) in [6, 6.07) is 5.22. The number of hydrogen-bond acceptors (Lipinski definition) is 4. The van der Waals surface area contributed by atoms with Gasteiger partial charge in [0.2, 0.25) is 5.88 Å². The highest BCUT2D eigenvalue weighted by atomic mass is 127. The van der Waals surface area contributed by atoms with Crippen molar-refractivity contribution in [3.63, 3.8) is 0 Å². The van der Waals surface area contributed by atoms with Gasteiger partial charge in [0.1, 0.15) is 9.32 Å². The third kappa shape index (κ3) is 2.82. The maximum Gasteiger partial charge on any atom is 0.268 e. The summed E-state index contributed by atoms with van der Waals surface area (Å²) < 4.78 is 5.88. The number of aromatic nitrogens is 2. The predicted molar refractivity (Wildman–Crippen MR) is 77.0 cm³/mol. The summed E-state index contributed by atoms with van der Waals surface area (Å²) in [5.74, 6) is 0.659. The summed E-state index contributed by atoms with van der Waals surface area (Å²) in [5.41, 5.74) is 6.16. The monoisotopic (exact) mass is 377 g/mol. The van der Waals surface area contributed by atoms with E-state index < -0.39 is 0 Å². The number of aromatic amines is 1. The maximum absolute atomic E-state index is 11.4. The van der Waals surface area contributed by atoms with Crippen LogP contribution >= 0.6 is 34.2 Å². The lowest BCUT2D eigenvalue weighted by Gasteiger charge is -2.08. The lowest BCUT2D eigenvalue weighted by molar-refractivity contribution is 0.456. The molecule has 0 aliphatic heterocycles. The number of rotatable bonds is 3. The Morgan fingerprint density at radius 2 is 2.28 bits per heavy atom. The molecule has 1 aromatic carbocycles. The molecule has 3 N–H and O–H groups in total. The van der Waals surface area contributed by atoms with Crippen LogP contribution in [-0.2, 0) is 6.54 Å². The molecule has 0 radical (unpaired) electrons. The highest BCUT2D eigenvalue weighted by Gasteiger charge is 2.10. The number of nitrogens with two attached hydrogens (primary N) is 1. The van der Waals surface area contributed by atoms with Crippen LogP contribution < -0.4 is 16.0 Å². The van der Waals surface area contributed by atoms with Crippen molar-refractivity contribution in [3.8, 4) is 11.6 Å². The molecule has 1 heterocycles. The Morgan fingerprint density at radius 1 is 1.50 bits per heavy atom. The van der Waals surface area contributed by atoms with Crippen LogP contribution in [-0.4, -0.2) is 9.97 Å². The zero-order valence-corrected chi connectivity index (χ0v) is 12.0. The van der Waals surface area contributed by atoms with Crippen LogP contribution in [0.3, 0.4) is 0 Å². The summed E-state index contributed by atoms with van der Waals surface area (Å²) in [7, 11) is 0. The van der Waals surface area contributed by atoms with Crippen molar-refractivity contribution in [1.82, 2.24) is 9.97 Å². The number of ether oxygens (including phenoxy) is 1. The molecular formula is C11H9ClIN3O2. The first-order valence-electron chi connectivity index (χ1n) is 5.01. The zero-order chi connectivity index (χ0) is 13.1. The fraction of sp³-hybridized carbons (Fsp3) is 0.0909. The van der Waals surface area contributed by atoms with Crippen molar-refractivity contribution >= 4 is 34.2 Å². The molecule has 0 spiro atoms. The maximum atomic E-state index is 11.4. The van der Waals surface area contributed by atoms with E-state index in [9.17, 15) is 4.79 Å². The number of halogens is 2. The van der Waals surface area contributed by atoms with Crippen LogP contribution in [0.1, 0.15) is 5.56 Å². The Kier molecular flexibility index (Phi) is 4.20. The molecule has 0 fully saturated rings. The molecule has 2 aromatic rings. The van der Waals surface area contributed by atoms with Gasteiger partial charge in [0.25, 0.3) is 5.56 Å². The van der Waals surface area contributed by atoms with Gasteiger partial charge in [-0.1, -0.05) is 17.7 Å². The molecule has 5 nitrogen and oxygen atoms in total. The van der Waals surface area contributed by atoms with Gasteiger partial charge >= 0.3 is 0 Å². The molecular weight excluding hydrogens is 368 g/mol. The average molecular weight is 378 g/mol. The lowest BCUT2D eigenvalue weighted by atomic mass is 10.2. The van der Waals surface area contributed by atoms with Crippen molar-refractivity contribution < 1.29 is 4.74 Å². The molecule has 0 amide bonds. The van der Waals surface area contributed by atoms with Gasteiger partial charge < -0.3 is 15.5 Å². The van der Waals surface area contributed by atoms with E-state index in [0.717, 1.165) is 5.56 Å².